The van der Waals surface area contributed by atoms with Crippen molar-refractivity contribution in [2.45, 2.75) is 33.3 Å². The van der Waals surface area contributed by atoms with Gasteiger partial charge in [-0.05, 0) is 37.5 Å². The van der Waals surface area contributed by atoms with Gasteiger partial charge in [-0.3, -0.25) is 0 Å². The molecule has 0 radical (unpaired) electrons. The van der Waals surface area contributed by atoms with E-state index in [1.54, 1.807) is 7.11 Å². The van der Waals surface area contributed by atoms with E-state index in [1.165, 1.54) is 12.7 Å². The van der Waals surface area contributed by atoms with Crippen molar-refractivity contribution in [2.75, 3.05) is 20.8 Å². The van der Waals surface area contributed by atoms with E-state index in [1.807, 2.05) is 31.2 Å². The molecule has 1 atom stereocenters. The highest BCUT2D eigenvalue weighted by atomic mass is 16.5. The molecular formula is C20H26O4. The van der Waals surface area contributed by atoms with Crippen molar-refractivity contribution < 1.29 is 19.0 Å². The maximum atomic E-state index is 10.9. The molecule has 0 aromatic heterocycles. The summed E-state index contributed by atoms with van der Waals surface area (Å²) in [6, 6.07) is 7.86. The lowest BCUT2D eigenvalue weighted by atomic mass is 10.1. The van der Waals surface area contributed by atoms with Crippen LogP contribution in [-0.2, 0) is 20.9 Å². The molecule has 0 saturated carbocycles. The fourth-order valence-corrected chi connectivity index (χ4v) is 2.00. The average molecular weight is 330 g/mol. The van der Waals surface area contributed by atoms with Gasteiger partial charge >= 0.3 is 5.97 Å². The maximum Gasteiger partial charge on any atom is 0.384 e. The smallest absolute Gasteiger partial charge is 0.384 e. The third-order valence-corrected chi connectivity index (χ3v) is 3.46. The minimum Gasteiger partial charge on any atom is -0.497 e. The molecule has 0 heterocycles. The summed E-state index contributed by atoms with van der Waals surface area (Å²) in [5, 5.41) is 0. The average Bonchev–Trinajstić information content (AvgIpc) is 2.60. The highest BCUT2D eigenvalue weighted by molar-refractivity contribution is 5.88. The van der Waals surface area contributed by atoms with Crippen LogP contribution >= 0.6 is 0 Å². The van der Waals surface area contributed by atoms with E-state index in [0.29, 0.717) is 13.2 Å². The Balaban J connectivity index is 2.26. The number of benzene rings is 1. The summed E-state index contributed by atoms with van der Waals surface area (Å²) in [6.07, 6.45) is 3.97. The standard InChI is InChI=1S/C20H26O4/c1-16(8-13-20(21)23-4)6-5-7-17(2)14-24-15-18-9-11-19(22-3)12-10-18/h7,9-12,16H,5-6,14-15H2,1-4H3/b17-7+/t16-/m0/s1. The zero-order valence-corrected chi connectivity index (χ0v) is 14.9. The number of ether oxygens (including phenoxy) is 3. The number of carbonyl (C=O) groups is 1. The van der Waals surface area contributed by atoms with Crippen LogP contribution in [-0.4, -0.2) is 26.8 Å². The van der Waals surface area contributed by atoms with Gasteiger partial charge < -0.3 is 14.2 Å². The van der Waals surface area contributed by atoms with Crippen LogP contribution in [0.15, 0.2) is 35.9 Å². The molecule has 4 heteroatoms. The topological polar surface area (TPSA) is 44.8 Å². The fraction of sp³-hybridized carbons (Fsp3) is 0.450. The molecule has 1 aromatic rings. The molecule has 0 spiro atoms. The van der Waals surface area contributed by atoms with Crippen LogP contribution in [0, 0.1) is 17.8 Å². The van der Waals surface area contributed by atoms with Crippen LogP contribution in [0.5, 0.6) is 5.75 Å². The number of hydrogen-bond acceptors (Lipinski definition) is 4. The fourth-order valence-electron chi connectivity index (χ4n) is 2.00. The second-order valence-corrected chi connectivity index (χ2v) is 5.63. The molecular weight excluding hydrogens is 304 g/mol. The molecule has 0 aliphatic rings. The van der Waals surface area contributed by atoms with Gasteiger partial charge in [0.1, 0.15) is 5.75 Å². The second kappa shape index (κ2) is 11.3. The SMILES string of the molecule is COC(=O)C#C[C@@H](C)CC/C=C(\C)COCc1ccc(OC)cc1. The Bertz CT molecular complexity index is 590. The summed E-state index contributed by atoms with van der Waals surface area (Å²) in [5.41, 5.74) is 2.31. The first-order valence-electron chi connectivity index (χ1n) is 8.01. The second-order valence-electron chi connectivity index (χ2n) is 5.63. The Morgan fingerprint density at radius 1 is 1.25 bits per heavy atom. The van der Waals surface area contributed by atoms with Gasteiger partial charge in [-0.15, -0.1) is 0 Å². The summed E-state index contributed by atoms with van der Waals surface area (Å²) in [7, 11) is 2.99. The molecule has 0 bridgehead atoms. The van der Waals surface area contributed by atoms with E-state index in [0.717, 1.165) is 24.2 Å². The van der Waals surface area contributed by atoms with E-state index in [-0.39, 0.29) is 5.92 Å². The maximum absolute atomic E-state index is 10.9. The molecule has 1 aromatic carbocycles. The molecule has 0 N–H and O–H groups in total. The minimum absolute atomic E-state index is 0.161. The zero-order chi connectivity index (χ0) is 17.8. The van der Waals surface area contributed by atoms with Gasteiger partial charge in [0, 0.05) is 11.8 Å². The molecule has 0 aliphatic carbocycles. The van der Waals surface area contributed by atoms with Crippen molar-refractivity contribution in [3.8, 4) is 17.6 Å². The van der Waals surface area contributed by atoms with E-state index in [9.17, 15) is 4.79 Å². The highest BCUT2D eigenvalue weighted by Gasteiger charge is 1.99. The predicted molar refractivity (Wildman–Crippen MR) is 94.6 cm³/mol. The Kier molecular flexibility index (Phi) is 9.33. The van der Waals surface area contributed by atoms with Gasteiger partial charge in [0.2, 0.25) is 0 Å². The highest BCUT2D eigenvalue weighted by Crippen LogP contribution is 2.12. The predicted octanol–water partition coefficient (Wildman–Crippen LogP) is 3.75. The molecule has 1 rings (SSSR count). The van der Waals surface area contributed by atoms with Crippen molar-refractivity contribution >= 4 is 5.97 Å². The van der Waals surface area contributed by atoms with Crippen LogP contribution in [0.1, 0.15) is 32.3 Å². The molecule has 0 aliphatic heterocycles. The lowest BCUT2D eigenvalue weighted by Gasteiger charge is -2.06. The summed E-state index contributed by atoms with van der Waals surface area (Å²) in [6.45, 7) is 5.24. The van der Waals surface area contributed by atoms with Crippen molar-refractivity contribution in [1.82, 2.24) is 0 Å². The third kappa shape index (κ3) is 8.40. The number of methoxy groups -OCH3 is 2. The lowest BCUT2D eigenvalue weighted by Crippen LogP contribution is -1.98. The number of esters is 1. The van der Waals surface area contributed by atoms with E-state index < -0.39 is 5.97 Å². The van der Waals surface area contributed by atoms with Crippen LogP contribution in [0.2, 0.25) is 0 Å². The molecule has 130 valence electrons. The monoisotopic (exact) mass is 330 g/mol. The Morgan fingerprint density at radius 2 is 1.96 bits per heavy atom. The van der Waals surface area contributed by atoms with Crippen LogP contribution in [0.3, 0.4) is 0 Å². The van der Waals surface area contributed by atoms with Gasteiger partial charge in [0.05, 0.1) is 27.4 Å². The molecule has 0 saturated heterocycles. The first kappa shape index (κ1) is 19.8. The largest absolute Gasteiger partial charge is 0.497 e. The van der Waals surface area contributed by atoms with Crippen LogP contribution in [0.4, 0.5) is 0 Å². The molecule has 0 unspecified atom stereocenters. The molecule has 0 amide bonds. The minimum atomic E-state index is -0.486. The number of hydrogen-bond donors (Lipinski definition) is 0. The van der Waals surface area contributed by atoms with Crippen molar-refractivity contribution in [3.05, 3.63) is 41.5 Å². The van der Waals surface area contributed by atoms with Crippen molar-refractivity contribution in [2.24, 2.45) is 5.92 Å². The summed E-state index contributed by atoms with van der Waals surface area (Å²) >= 11 is 0. The Labute approximate surface area is 144 Å². The molecule has 24 heavy (non-hydrogen) atoms. The third-order valence-electron chi connectivity index (χ3n) is 3.46. The summed E-state index contributed by atoms with van der Waals surface area (Å²) < 4.78 is 15.3. The number of carbonyl (C=O) groups excluding carboxylic acids is 1. The van der Waals surface area contributed by atoms with Gasteiger partial charge in [-0.2, -0.15) is 0 Å². The van der Waals surface area contributed by atoms with E-state index in [4.69, 9.17) is 9.47 Å². The van der Waals surface area contributed by atoms with E-state index >= 15 is 0 Å². The van der Waals surface area contributed by atoms with Gasteiger partial charge in [0.25, 0.3) is 0 Å². The summed E-state index contributed by atoms with van der Waals surface area (Å²) in [4.78, 5) is 10.9. The van der Waals surface area contributed by atoms with E-state index in [2.05, 4.69) is 29.6 Å². The van der Waals surface area contributed by atoms with Crippen LogP contribution in [0.25, 0.3) is 0 Å². The van der Waals surface area contributed by atoms with Crippen molar-refractivity contribution in [1.29, 1.82) is 0 Å². The number of rotatable bonds is 8. The van der Waals surface area contributed by atoms with Gasteiger partial charge in [-0.1, -0.05) is 36.6 Å². The summed E-state index contributed by atoms with van der Waals surface area (Å²) in [5.74, 6) is 5.87. The first-order valence-corrected chi connectivity index (χ1v) is 8.01. The quantitative estimate of drug-likeness (QED) is 0.315. The number of allylic oxidation sites excluding steroid dienone is 1. The van der Waals surface area contributed by atoms with Gasteiger partial charge in [-0.25, -0.2) is 4.79 Å². The van der Waals surface area contributed by atoms with Gasteiger partial charge in [0.15, 0.2) is 0 Å². The molecule has 0 fully saturated rings. The Morgan fingerprint density at radius 3 is 2.58 bits per heavy atom. The molecule has 4 nitrogen and oxygen atoms in total. The van der Waals surface area contributed by atoms with Crippen LogP contribution < -0.4 is 4.74 Å². The normalized spacial score (nSPS) is 12.1. The lowest BCUT2D eigenvalue weighted by molar-refractivity contribution is -0.133. The van der Waals surface area contributed by atoms with Crippen molar-refractivity contribution in [3.63, 3.8) is 0 Å². The Hall–Kier alpha value is -2.25. The zero-order valence-electron chi connectivity index (χ0n) is 14.9. The first-order chi connectivity index (χ1) is 11.5.